The first-order chi connectivity index (χ1) is 17.5. The van der Waals surface area contributed by atoms with Crippen LogP contribution in [0.25, 0.3) is 0 Å². The highest BCUT2D eigenvalue weighted by Gasteiger charge is 2.34. The average Bonchev–Trinajstić information content (AvgIpc) is 2.79. The van der Waals surface area contributed by atoms with Crippen molar-refractivity contribution in [2.75, 3.05) is 65.4 Å². The van der Waals surface area contributed by atoms with E-state index in [2.05, 4.69) is 4.74 Å². The molecule has 0 aromatic carbocycles. The number of nitrogens with zero attached hydrogens (tertiary/aromatic N) is 4. The Kier molecular flexibility index (Phi) is 12.4. The van der Waals surface area contributed by atoms with Crippen molar-refractivity contribution in [2.45, 2.75) is 51.6 Å². The van der Waals surface area contributed by atoms with E-state index in [4.69, 9.17) is 0 Å². The van der Waals surface area contributed by atoms with Crippen LogP contribution in [0.15, 0.2) is 0 Å². The molecule has 2 fully saturated rings. The first-order valence-electron chi connectivity index (χ1n) is 12.8. The van der Waals surface area contributed by atoms with Crippen molar-refractivity contribution in [1.29, 1.82) is 0 Å². The van der Waals surface area contributed by atoms with E-state index in [1.807, 2.05) is 23.6 Å². The Hall–Kier alpha value is -2.61. The summed E-state index contributed by atoms with van der Waals surface area (Å²) in [6.45, 7) is 6.08. The van der Waals surface area contributed by atoms with Crippen LogP contribution in [0.5, 0.6) is 0 Å². The average molecular weight is 529 g/mol. The molecule has 0 bridgehead atoms. The van der Waals surface area contributed by atoms with E-state index in [1.165, 1.54) is 0 Å². The molecule has 0 aromatic rings. The third-order valence-corrected chi connectivity index (χ3v) is 7.13. The lowest BCUT2D eigenvalue weighted by Crippen LogP contribution is -2.54. The summed E-state index contributed by atoms with van der Waals surface area (Å²) < 4.78 is 4.67. The van der Waals surface area contributed by atoms with E-state index in [-0.39, 0.29) is 31.8 Å². The first-order valence-corrected chi connectivity index (χ1v) is 12.8. The van der Waals surface area contributed by atoms with Gasteiger partial charge >= 0.3 is 29.8 Å². The molecule has 2 atom stereocenters. The minimum absolute atomic E-state index is 0.0201. The van der Waals surface area contributed by atoms with Crippen LogP contribution in [0.2, 0.25) is 0 Å². The normalized spacial score (nSPS) is 22.4. The van der Waals surface area contributed by atoms with E-state index in [9.17, 15) is 39.3 Å². The number of carbonyl (C=O) groups is 5. The summed E-state index contributed by atoms with van der Waals surface area (Å²) in [5.74, 6) is -4.04. The van der Waals surface area contributed by atoms with E-state index in [0.717, 1.165) is 6.42 Å². The van der Waals surface area contributed by atoms with Gasteiger partial charge in [0.05, 0.1) is 25.9 Å². The number of carboxylic acid groups (broad SMARTS) is 3. The smallest absolute Gasteiger partial charge is 0.320 e. The highest BCUT2D eigenvalue weighted by atomic mass is 16.6. The predicted octanol–water partition coefficient (Wildman–Crippen LogP) is -0.501. The molecular weight excluding hydrogens is 488 g/mol. The molecule has 2 aliphatic heterocycles. The number of carboxylic acids is 3. The van der Waals surface area contributed by atoms with Crippen LogP contribution in [0.4, 0.5) is 0 Å². The quantitative estimate of drug-likeness (QED) is 0.245. The molecule has 13 heteroatoms. The number of hydrogen-bond acceptors (Lipinski definition) is 10. The Morgan fingerprint density at radius 3 is 1.78 bits per heavy atom. The van der Waals surface area contributed by atoms with Crippen molar-refractivity contribution in [3.63, 3.8) is 0 Å². The second-order valence-corrected chi connectivity index (χ2v) is 9.92. The molecule has 0 aliphatic carbocycles. The van der Waals surface area contributed by atoms with Crippen LogP contribution in [0, 0.1) is 5.92 Å². The van der Waals surface area contributed by atoms with Gasteiger partial charge in [0.1, 0.15) is 6.04 Å². The van der Waals surface area contributed by atoms with Crippen molar-refractivity contribution in [1.82, 2.24) is 19.6 Å². The number of hydrogen-bond donors (Lipinski definition) is 3. The molecule has 0 amide bonds. The number of aliphatic carboxylic acids is 3. The second kappa shape index (κ2) is 15.0. The Morgan fingerprint density at radius 1 is 0.838 bits per heavy atom. The van der Waals surface area contributed by atoms with Gasteiger partial charge in [0.25, 0.3) is 0 Å². The molecule has 2 heterocycles. The second-order valence-electron chi connectivity index (χ2n) is 9.92. The first kappa shape index (κ1) is 30.6. The van der Waals surface area contributed by atoms with Crippen LogP contribution in [0.3, 0.4) is 0 Å². The van der Waals surface area contributed by atoms with Crippen LogP contribution >= 0.6 is 0 Å². The number of rotatable bonds is 10. The van der Waals surface area contributed by atoms with Gasteiger partial charge in [0.2, 0.25) is 0 Å². The zero-order valence-electron chi connectivity index (χ0n) is 21.7. The minimum Gasteiger partial charge on any atom is -0.480 e. The van der Waals surface area contributed by atoms with Crippen molar-refractivity contribution in [3.8, 4) is 0 Å². The number of ether oxygens (including phenoxy) is 1. The monoisotopic (exact) mass is 528 g/mol. The zero-order valence-corrected chi connectivity index (χ0v) is 21.7. The molecule has 2 unspecified atom stereocenters. The van der Waals surface area contributed by atoms with Gasteiger partial charge in [0.15, 0.2) is 0 Å². The van der Waals surface area contributed by atoms with Crippen LogP contribution < -0.4 is 0 Å². The van der Waals surface area contributed by atoms with Gasteiger partial charge in [-0.25, -0.2) is 0 Å². The Morgan fingerprint density at radius 2 is 1.30 bits per heavy atom. The molecule has 3 N–H and O–H groups in total. The summed E-state index contributed by atoms with van der Waals surface area (Å²) in [4.78, 5) is 66.2. The fraction of sp³-hybridized carbons (Fsp3) is 0.792. The number of carbonyl (C=O) groups excluding carboxylic acids is 2. The topological polar surface area (TPSA) is 168 Å². The maximum absolute atomic E-state index is 12.3. The van der Waals surface area contributed by atoms with Gasteiger partial charge in [-0.2, -0.15) is 0 Å². The maximum atomic E-state index is 12.3. The van der Waals surface area contributed by atoms with E-state index >= 15 is 0 Å². The molecule has 2 aliphatic rings. The summed E-state index contributed by atoms with van der Waals surface area (Å²) >= 11 is 0. The molecule has 0 aromatic heterocycles. The van der Waals surface area contributed by atoms with E-state index in [1.54, 1.807) is 9.80 Å². The Balaban J connectivity index is 2.32. The standard InChI is InChI=1S/C24H40N4O9/c1-3-17(2)12-19(24(35)36)28-9-7-26(16-21(31)32)5-4-25(15-20(29)30)6-8-27(10-11-28)18-13-22(33)37-23(34)14-18/h17-19H,3-16H2,1-2H3,(H,29,30)(H,31,32)(H,35,36). The van der Waals surface area contributed by atoms with Crippen LogP contribution in [0.1, 0.15) is 39.5 Å². The fourth-order valence-corrected chi connectivity index (χ4v) is 4.78. The highest BCUT2D eigenvalue weighted by molar-refractivity contribution is 5.89. The Bertz CT molecular complexity index is 808. The van der Waals surface area contributed by atoms with Crippen molar-refractivity contribution in [3.05, 3.63) is 0 Å². The van der Waals surface area contributed by atoms with Crippen molar-refractivity contribution in [2.24, 2.45) is 5.92 Å². The minimum atomic E-state index is -1.02. The van der Waals surface area contributed by atoms with Crippen molar-refractivity contribution >= 4 is 29.8 Å². The largest absolute Gasteiger partial charge is 0.480 e. The van der Waals surface area contributed by atoms with E-state index in [0.29, 0.717) is 58.8 Å². The van der Waals surface area contributed by atoms with Gasteiger partial charge in [-0.15, -0.1) is 0 Å². The maximum Gasteiger partial charge on any atom is 0.320 e. The Labute approximate surface area is 216 Å². The van der Waals surface area contributed by atoms with Gasteiger partial charge in [0, 0.05) is 58.4 Å². The lowest BCUT2D eigenvalue weighted by Gasteiger charge is -2.39. The summed E-state index contributed by atoms with van der Waals surface area (Å²) in [7, 11) is 0. The molecule has 2 rings (SSSR count). The van der Waals surface area contributed by atoms with E-state index < -0.39 is 41.9 Å². The number of cyclic esters (lactones) is 2. The summed E-state index contributed by atoms with van der Waals surface area (Å²) in [5.41, 5.74) is 0. The van der Waals surface area contributed by atoms with Gasteiger partial charge in [-0.3, -0.25) is 43.6 Å². The molecule has 2 saturated heterocycles. The predicted molar refractivity (Wildman–Crippen MR) is 131 cm³/mol. The van der Waals surface area contributed by atoms with Gasteiger partial charge in [-0.1, -0.05) is 20.3 Å². The van der Waals surface area contributed by atoms with Gasteiger partial charge < -0.3 is 20.1 Å². The third kappa shape index (κ3) is 10.7. The highest BCUT2D eigenvalue weighted by Crippen LogP contribution is 2.19. The lowest BCUT2D eigenvalue weighted by atomic mass is 9.98. The molecule has 210 valence electrons. The molecule has 37 heavy (non-hydrogen) atoms. The van der Waals surface area contributed by atoms with Crippen LogP contribution in [-0.4, -0.2) is 142 Å². The van der Waals surface area contributed by atoms with Crippen LogP contribution in [-0.2, 0) is 28.7 Å². The molecule has 0 spiro atoms. The third-order valence-electron chi connectivity index (χ3n) is 7.13. The lowest BCUT2D eigenvalue weighted by molar-refractivity contribution is -0.166. The number of esters is 2. The summed E-state index contributed by atoms with van der Waals surface area (Å²) in [5, 5.41) is 28.8. The molecule has 0 saturated carbocycles. The molecule has 13 nitrogen and oxygen atoms in total. The van der Waals surface area contributed by atoms with Gasteiger partial charge in [-0.05, 0) is 12.3 Å². The zero-order chi connectivity index (χ0) is 27.5. The van der Waals surface area contributed by atoms with Crippen molar-refractivity contribution < 1.29 is 44.0 Å². The fourth-order valence-electron chi connectivity index (χ4n) is 4.78. The SMILES string of the molecule is CCC(C)CC(C(=O)O)N1CCN(CC(=O)O)CCN(CC(=O)O)CCN(C2CC(=O)OC(=O)C2)CC1. The molecule has 0 radical (unpaired) electrons. The summed E-state index contributed by atoms with van der Waals surface area (Å²) in [6, 6.07) is -1.19. The summed E-state index contributed by atoms with van der Waals surface area (Å²) in [6.07, 6.45) is 1.30. The molecular formula is C24H40N4O9.